The second-order valence-electron chi connectivity index (χ2n) is 6.40. The molecule has 3 rings (SSSR count). The lowest BCUT2D eigenvalue weighted by Crippen LogP contribution is -2.37. The van der Waals surface area contributed by atoms with E-state index in [4.69, 9.17) is 4.42 Å². The molecule has 6 nitrogen and oxygen atoms in total. The smallest absolute Gasteiger partial charge is 0.257 e. The maximum absolute atomic E-state index is 12.8. The Bertz CT molecular complexity index is 751. The molecule has 1 fully saturated rings. The molecule has 0 aromatic carbocycles. The lowest BCUT2D eigenvalue weighted by molar-refractivity contribution is -0.121. The van der Waals surface area contributed by atoms with Gasteiger partial charge in [0.05, 0.1) is 17.8 Å². The summed E-state index contributed by atoms with van der Waals surface area (Å²) in [5, 5.41) is 2.85. The van der Waals surface area contributed by atoms with E-state index in [9.17, 15) is 9.59 Å². The van der Waals surface area contributed by atoms with Crippen LogP contribution in [0.2, 0.25) is 0 Å². The third kappa shape index (κ3) is 4.47. The topological polar surface area (TPSA) is 75.4 Å². The number of carbonyl (C=O) groups excluding carboxylic acids is 2. The first kappa shape index (κ1) is 17.2. The minimum atomic E-state index is -0.0794. The summed E-state index contributed by atoms with van der Waals surface area (Å²) in [6.07, 6.45) is 3.98. The van der Waals surface area contributed by atoms with Gasteiger partial charge < -0.3 is 14.6 Å². The Hall–Kier alpha value is -2.63. The molecule has 1 aliphatic rings. The highest BCUT2D eigenvalue weighted by Crippen LogP contribution is 2.29. The largest absolute Gasteiger partial charge is 0.466 e. The van der Waals surface area contributed by atoms with Crippen LogP contribution in [0.25, 0.3) is 0 Å². The molecule has 2 aromatic rings. The Labute approximate surface area is 147 Å². The number of nitrogens with one attached hydrogen (secondary N) is 1. The maximum atomic E-state index is 12.8. The average molecular weight is 341 g/mol. The standard InChI is InChI=1S/C19H23N3O3/c1-13-11-17(14(2)25-13)19(24)22(16-6-7-16)10-8-18(23)21-12-15-5-3-4-9-20-15/h3-5,9,11,16H,6-8,10,12H2,1-2H3,(H,21,23). The van der Waals surface area contributed by atoms with Gasteiger partial charge in [-0.2, -0.15) is 0 Å². The van der Waals surface area contributed by atoms with Crippen LogP contribution in [0, 0.1) is 13.8 Å². The van der Waals surface area contributed by atoms with Gasteiger partial charge in [0.15, 0.2) is 0 Å². The predicted molar refractivity (Wildman–Crippen MR) is 92.9 cm³/mol. The van der Waals surface area contributed by atoms with Crippen molar-refractivity contribution in [1.82, 2.24) is 15.2 Å². The quantitative estimate of drug-likeness (QED) is 0.840. The highest BCUT2D eigenvalue weighted by molar-refractivity contribution is 5.96. The van der Waals surface area contributed by atoms with Crippen molar-refractivity contribution < 1.29 is 14.0 Å². The van der Waals surface area contributed by atoms with Crippen LogP contribution in [0.5, 0.6) is 0 Å². The van der Waals surface area contributed by atoms with E-state index in [0.29, 0.717) is 24.4 Å². The van der Waals surface area contributed by atoms with E-state index in [2.05, 4.69) is 10.3 Å². The van der Waals surface area contributed by atoms with Gasteiger partial charge in [0.25, 0.3) is 5.91 Å². The molecule has 1 saturated carbocycles. The molecule has 25 heavy (non-hydrogen) atoms. The zero-order valence-electron chi connectivity index (χ0n) is 14.6. The monoisotopic (exact) mass is 341 g/mol. The first-order valence-electron chi connectivity index (χ1n) is 8.59. The molecule has 0 aliphatic heterocycles. The van der Waals surface area contributed by atoms with Gasteiger partial charge in [0.1, 0.15) is 11.5 Å². The summed E-state index contributed by atoms with van der Waals surface area (Å²) in [5.41, 5.74) is 1.41. The predicted octanol–water partition coefficient (Wildman–Crippen LogP) is 2.60. The van der Waals surface area contributed by atoms with Gasteiger partial charge in [-0.25, -0.2) is 0 Å². The molecule has 6 heteroatoms. The van der Waals surface area contributed by atoms with Crippen LogP contribution >= 0.6 is 0 Å². The SMILES string of the molecule is Cc1cc(C(=O)N(CCC(=O)NCc2ccccn2)C2CC2)c(C)o1. The van der Waals surface area contributed by atoms with Gasteiger partial charge in [-0.05, 0) is 44.9 Å². The first-order valence-corrected chi connectivity index (χ1v) is 8.59. The molecule has 1 aliphatic carbocycles. The van der Waals surface area contributed by atoms with E-state index >= 15 is 0 Å². The highest BCUT2D eigenvalue weighted by Gasteiger charge is 2.34. The van der Waals surface area contributed by atoms with Crippen molar-refractivity contribution >= 4 is 11.8 Å². The number of carbonyl (C=O) groups is 2. The number of amides is 2. The van der Waals surface area contributed by atoms with Crippen LogP contribution in [0.1, 0.15) is 46.8 Å². The number of aryl methyl sites for hydroxylation is 2. The summed E-state index contributed by atoms with van der Waals surface area (Å²) in [6.45, 7) is 4.44. The Morgan fingerprint density at radius 2 is 2.12 bits per heavy atom. The fourth-order valence-corrected chi connectivity index (χ4v) is 2.84. The second-order valence-corrected chi connectivity index (χ2v) is 6.40. The summed E-state index contributed by atoms with van der Waals surface area (Å²) in [7, 11) is 0. The summed E-state index contributed by atoms with van der Waals surface area (Å²) in [5.74, 6) is 1.23. The molecule has 1 N–H and O–H groups in total. The van der Waals surface area contributed by atoms with Crippen molar-refractivity contribution in [1.29, 1.82) is 0 Å². The minimum Gasteiger partial charge on any atom is -0.466 e. The molecule has 0 radical (unpaired) electrons. The van der Waals surface area contributed by atoms with Crippen molar-refractivity contribution in [3.8, 4) is 0 Å². The van der Waals surface area contributed by atoms with E-state index in [1.54, 1.807) is 24.1 Å². The zero-order valence-corrected chi connectivity index (χ0v) is 14.6. The van der Waals surface area contributed by atoms with E-state index in [0.717, 1.165) is 24.3 Å². The number of aromatic nitrogens is 1. The Kier molecular flexibility index (Phi) is 5.16. The van der Waals surface area contributed by atoms with Gasteiger partial charge in [-0.1, -0.05) is 6.07 Å². The lowest BCUT2D eigenvalue weighted by Gasteiger charge is -2.22. The van der Waals surface area contributed by atoms with Gasteiger partial charge in [0.2, 0.25) is 5.91 Å². The van der Waals surface area contributed by atoms with Crippen LogP contribution < -0.4 is 5.32 Å². The van der Waals surface area contributed by atoms with Gasteiger partial charge in [-0.3, -0.25) is 14.6 Å². The third-order valence-electron chi connectivity index (χ3n) is 4.29. The van der Waals surface area contributed by atoms with E-state index in [1.165, 1.54) is 0 Å². The Balaban J connectivity index is 1.54. The average Bonchev–Trinajstić information content (AvgIpc) is 3.38. The van der Waals surface area contributed by atoms with Gasteiger partial charge in [0, 0.05) is 25.2 Å². The van der Waals surface area contributed by atoms with E-state index in [-0.39, 0.29) is 24.3 Å². The zero-order chi connectivity index (χ0) is 17.8. The molecule has 0 spiro atoms. The molecule has 132 valence electrons. The molecular weight excluding hydrogens is 318 g/mol. The van der Waals surface area contributed by atoms with Crippen LogP contribution in [-0.4, -0.2) is 34.3 Å². The summed E-state index contributed by atoms with van der Waals surface area (Å²) in [4.78, 5) is 30.9. The minimum absolute atomic E-state index is 0.0469. The molecule has 0 unspecified atom stereocenters. The number of rotatable bonds is 7. The molecule has 2 aromatic heterocycles. The molecular formula is C19H23N3O3. The molecule has 0 bridgehead atoms. The summed E-state index contributed by atoms with van der Waals surface area (Å²) in [6, 6.07) is 7.60. The van der Waals surface area contributed by atoms with E-state index in [1.807, 2.05) is 25.1 Å². The Morgan fingerprint density at radius 1 is 1.32 bits per heavy atom. The van der Waals surface area contributed by atoms with Crippen LogP contribution in [0.4, 0.5) is 0 Å². The van der Waals surface area contributed by atoms with Crippen molar-refractivity contribution in [3.63, 3.8) is 0 Å². The highest BCUT2D eigenvalue weighted by atomic mass is 16.3. The molecule has 0 saturated heterocycles. The first-order chi connectivity index (χ1) is 12.0. The number of nitrogens with zero attached hydrogens (tertiary/aromatic N) is 2. The van der Waals surface area contributed by atoms with Crippen LogP contribution in [-0.2, 0) is 11.3 Å². The fraction of sp³-hybridized carbons (Fsp3) is 0.421. The van der Waals surface area contributed by atoms with Crippen LogP contribution in [0.15, 0.2) is 34.9 Å². The van der Waals surface area contributed by atoms with Gasteiger partial charge >= 0.3 is 0 Å². The molecule has 2 heterocycles. The summed E-state index contributed by atoms with van der Waals surface area (Å²) >= 11 is 0. The number of hydrogen-bond donors (Lipinski definition) is 1. The molecule has 0 atom stereocenters. The Morgan fingerprint density at radius 3 is 2.72 bits per heavy atom. The van der Waals surface area contributed by atoms with Crippen LogP contribution in [0.3, 0.4) is 0 Å². The maximum Gasteiger partial charge on any atom is 0.257 e. The summed E-state index contributed by atoms with van der Waals surface area (Å²) < 4.78 is 5.47. The third-order valence-corrected chi connectivity index (χ3v) is 4.29. The number of pyridine rings is 1. The van der Waals surface area contributed by atoms with Crippen molar-refractivity contribution in [3.05, 3.63) is 53.2 Å². The molecule has 2 amide bonds. The van der Waals surface area contributed by atoms with E-state index < -0.39 is 0 Å². The second kappa shape index (κ2) is 7.51. The fourth-order valence-electron chi connectivity index (χ4n) is 2.84. The van der Waals surface area contributed by atoms with Crippen molar-refractivity contribution in [2.24, 2.45) is 0 Å². The van der Waals surface area contributed by atoms with Gasteiger partial charge in [-0.15, -0.1) is 0 Å². The van der Waals surface area contributed by atoms with Crippen molar-refractivity contribution in [2.45, 2.75) is 45.7 Å². The lowest BCUT2D eigenvalue weighted by atomic mass is 10.2. The number of hydrogen-bond acceptors (Lipinski definition) is 4. The number of furan rings is 1. The van der Waals surface area contributed by atoms with Crippen molar-refractivity contribution in [2.75, 3.05) is 6.54 Å². The normalized spacial score (nSPS) is 13.5.